The van der Waals surface area contributed by atoms with Crippen molar-refractivity contribution in [3.8, 4) is 5.75 Å². The molecule has 0 unspecified atom stereocenters. The number of anilines is 1. The standard InChI is InChI=1S/C27H22F3N3O3/c1-16(19(12-31)13-33-21-9-17(14-34)8-20(11-21)27(28,29)30)6-7-25(32)24-10-18(15-35)26(36)23-5-3-2-4-22(23)24/h2-15,31,33,36H,32H2,1H3/b16-6+,19-13+,25-7-,31-12?. The van der Waals surface area contributed by atoms with E-state index in [0.29, 0.717) is 45.8 Å². The Hall–Kier alpha value is -4.66. The first kappa shape index (κ1) is 26.0. The van der Waals surface area contributed by atoms with E-state index in [-0.39, 0.29) is 22.6 Å². The number of aromatic hydroxyl groups is 1. The summed E-state index contributed by atoms with van der Waals surface area (Å²) in [6, 6.07) is 11.3. The number of hydrogen-bond donors (Lipinski definition) is 4. The highest BCUT2D eigenvalue weighted by Gasteiger charge is 2.31. The zero-order valence-corrected chi connectivity index (χ0v) is 19.1. The van der Waals surface area contributed by atoms with Crippen LogP contribution in [-0.4, -0.2) is 23.9 Å². The monoisotopic (exact) mass is 493 g/mol. The van der Waals surface area contributed by atoms with Crippen LogP contribution in [-0.2, 0) is 6.18 Å². The van der Waals surface area contributed by atoms with Gasteiger partial charge in [0.1, 0.15) is 12.0 Å². The number of phenols is 1. The van der Waals surface area contributed by atoms with E-state index in [9.17, 15) is 27.9 Å². The van der Waals surface area contributed by atoms with Gasteiger partial charge < -0.3 is 21.6 Å². The van der Waals surface area contributed by atoms with Crippen LogP contribution in [0.3, 0.4) is 0 Å². The minimum Gasteiger partial charge on any atom is -0.507 e. The minimum atomic E-state index is -4.62. The first-order valence-corrected chi connectivity index (χ1v) is 10.6. The molecule has 6 nitrogen and oxygen atoms in total. The Kier molecular flexibility index (Phi) is 7.73. The summed E-state index contributed by atoms with van der Waals surface area (Å²) in [7, 11) is 0. The van der Waals surface area contributed by atoms with Gasteiger partial charge in [-0.3, -0.25) is 9.59 Å². The Morgan fingerprint density at radius 2 is 1.72 bits per heavy atom. The molecular formula is C27H22F3N3O3. The maximum atomic E-state index is 13.1. The second kappa shape index (κ2) is 10.7. The van der Waals surface area contributed by atoms with Crippen LogP contribution in [0.4, 0.5) is 18.9 Å². The average molecular weight is 493 g/mol. The second-order valence-corrected chi connectivity index (χ2v) is 7.84. The van der Waals surface area contributed by atoms with Crippen molar-refractivity contribution in [3.05, 3.63) is 100 Å². The van der Waals surface area contributed by atoms with E-state index >= 15 is 0 Å². The fraction of sp³-hybridized carbons (Fsp3) is 0.0741. The molecule has 5 N–H and O–H groups in total. The molecule has 0 bridgehead atoms. The summed E-state index contributed by atoms with van der Waals surface area (Å²) in [4.78, 5) is 22.4. The van der Waals surface area contributed by atoms with Gasteiger partial charge in [0.15, 0.2) is 6.29 Å². The molecule has 0 aliphatic carbocycles. The lowest BCUT2D eigenvalue weighted by atomic mass is 9.97. The lowest BCUT2D eigenvalue weighted by Crippen LogP contribution is -2.07. The number of fused-ring (bicyclic) bond motifs is 1. The maximum Gasteiger partial charge on any atom is 0.416 e. The first-order valence-electron chi connectivity index (χ1n) is 10.6. The Morgan fingerprint density at radius 1 is 1.03 bits per heavy atom. The van der Waals surface area contributed by atoms with Crippen molar-refractivity contribution < 1.29 is 27.9 Å². The van der Waals surface area contributed by atoms with Gasteiger partial charge in [0.05, 0.1) is 11.1 Å². The number of rotatable bonds is 8. The van der Waals surface area contributed by atoms with E-state index in [0.717, 1.165) is 18.3 Å². The van der Waals surface area contributed by atoms with Crippen LogP contribution >= 0.6 is 0 Å². The number of aldehydes is 2. The fourth-order valence-corrected chi connectivity index (χ4v) is 3.51. The van der Waals surface area contributed by atoms with Gasteiger partial charge in [0.2, 0.25) is 0 Å². The van der Waals surface area contributed by atoms with Gasteiger partial charge >= 0.3 is 6.18 Å². The van der Waals surface area contributed by atoms with E-state index in [1.165, 1.54) is 18.3 Å². The molecule has 0 radical (unpaired) electrons. The molecule has 9 heteroatoms. The Labute approximate surface area is 204 Å². The van der Waals surface area contributed by atoms with Crippen LogP contribution in [0.2, 0.25) is 0 Å². The molecule has 0 amide bonds. The molecular weight excluding hydrogens is 471 g/mol. The van der Waals surface area contributed by atoms with Crippen molar-refractivity contribution >= 4 is 40.9 Å². The highest BCUT2D eigenvalue weighted by atomic mass is 19.4. The van der Waals surface area contributed by atoms with Crippen LogP contribution in [0.25, 0.3) is 16.5 Å². The molecule has 0 aromatic heterocycles. The van der Waals surface area contributed by atoms with E-state index in [4.69, 9.17) is 11.1 Å². The Balaban J connectivity index is 1.94. The van der Waals surface area contributed by atoms with Crippen LogP contribution < -0.4 is 11.1 Å². The summed E-state index contributed by atoms with van der Waals surface area (Å²) in [5.41, 5.74) is 6.98. The van der Waals surface area contributed by atoms with Gasteiger partial charge in [-0.1, -0.05) is 30.3 Å². The first-order chi connectivity index (χ1) is 17.1. The topological polar surface area (TPSA) is 116 Å². The number of alkyl halides is 3. The van der Waals surface area contributed by atoms with Gasteiger partial charge in [-0.05, 0) is 48.2 Å². The summed E-state index contributed by atoms with van der Waals surface area (Å²) < 4.78 is 39.3. The molecule has 3 rings (SSSR count). The number of carbonyl (C=O) groups excluding carboxylic acids is 2. The van der Waals surface area contributed by atoms with Crippen LogP contribution in [0, 0.1) is 5.41 Å². The van der Waals surface area contributed by atoms with Gasteiger partial charge in [-0.25, -0.2) is 0 Å². The average Bonchev–Trinajstić information content (AvgIpc) is 2.87. The highest BCUT2D eigenvalue weighted by molar-refractivity contribution is 6.02. The maximum absolute atomic E-state index is 13.1. The smallest absolute Gasteiger partial charge is 0.416 e. The zero-order chi connectivity index (χ0) is 26.5. The Morgan fingerprint density at radius 3 is 2.33 bits per heavy atom. The number of allylic oxidation sites excluding steroid dienone is 4. The zero-order valence-electron chi connectivity index (χ0n) is 19.1. The Bertz CT molecular complexity index is 1440. The third-order valence-electron chi connectivity index (χ3n) is 5.42. The minimum absolute atomic E-state index is 0.0334. The molecule has 0 spiro atoms. The van der Waals surface area contributed by atoms with E-state index < -0.39 is 11.7 Å². The van der Waals surface area contributed by atoms with Crippen molar-refractivity contribution in [2.45, 2.75) is 13.1 Å². The number of nitrogens with two attached hydrogens (primary N) is 1. The summed E-state index contributed by atoms with van der Waals surface area (Å²) in [6.45, 7) is 1.68. The van der Waals surface area contributed by atoms with Crippen molar-refractivity contribution in [2.24, 2.45) is 5.73 Å². The third-order valence-corrected chi connectivity index (χ3v) is 5.42. The summed E-state index contributed by atoms with van der Waals surface area (Å²) in [6.07, 6.45) is 1.76. The molecule has 0 saturated carbocycles. The quantitative estimate of drug-likeness (QED) is 0.172. The third kappa shape index (κ3) is 5.69. The van der Waals surface area contributed by atoms with Crippen molar-refractivity contribution in [1.82, 2.24) is 0 Å². The molecule has 3 aromatic rings. The van der Waals surface area contributed by atoms with Gasteiger partial charge in [-0.2, -0.15) is 13.2 Å². The molecule has 184 valence electrons. The molecule has 0 saturated heterocycles. The van der Waals surface area contributed by atoms with Gasteiger partial charge in [0, 0.05) is 45.9 Å². The molecule has 0 fully saturated rings. The lowest BCUT2D eigenvalue weighted by molar-refractivity contribution is -0.137. The number of carbonyl (C=O) groups is 2. The molecule has 36 heavy (non-hydrogen) atoms. The number of phenolic OH excluding ortho intramolecular Hbond substituents is 1. The van der Waals surface area contributed by atoms with Gasteiger partial charge in [0.25, 0.3) is 0 Å². The normalized spacial score (nSPS) is 12.9. The number of nitrogens with one attached hydrogen (secondary N) is 2. The molecule has 0 atom stereocenters. The van der Waals surface area contributed by atoms with Crippen LogP contribution in [0.1, 0.15) is 38.8 Å². The summed E-state index contributed by atoms with van der Waals surface area (Å²) >= 11 is 0. The molecule has 3 aromatic carbocycles. The second-order valence-electron chi connectivity index (χ2n) is 7.84. The predicted octanol–water partition coefficient (Wildman–Crippen LogP) is 6.08. The summed E-state index contributed by atoms with van der Waals surface area (Å²) in [5.74, 6) is -0.142. The van der Waals surface area contributed by atoms with Crippen LogP contribution in [0.5, 0.6) is 5.75 Å². The largest absolute Gasteiger partial charge is 0.507 e. The number of halogens is 3. The SMILES string of the molecule is CC(=C\C=C(/N)c1cc(C=O)c(O)c2ccccc12)/C(C=N)=C/Nc1cc(C=O)cc(C(F)(F)F)c1. The number of benzene rings is 3. The molecule has 0 aliphatic heterocycles. The van der Waals surface area contributed by atoms with Gasteiger partial charge in [-0.15, -0.1) is 0 Å². The van der Waals surface area contributed by atoms with E-state index in [2.05, 4.69) is 5.32 Å². The fourth-order valence-electron chi connectivity index (χ4n) is 3.51. The van der Waals surface area contributed by atoms with E-state index in [1.54, 1.807) is 43.3 Å². The lowest BCUT2D eigenvalue weighted by Gasteiger charge is -2.11. The molecule has 0 aliphatic rings. The predicted molar refractivity (Wildman–Crippen MR) is 134 cm³/mol. The molecule has 0 heterocycles. The van der Waals surface area contributed by atoms with Crippen molar-refractivity contribution in [1.29, 1.82) is 5.41 Å². The van der Waals surface area contributed by atoms with E-state index in [1.807, 2.05) is 0 Å². The van der Waals surface area contributed by atoms with Crippen molar-refractivity contribution in [3.63, 3.8) is 0 Å². The summed E-state index contributed by atoms with van der Waals surface area (Å²) in [5, 5.41) is 21.8. The van der Waals surface area contributed by atoms with Crippen LogP contribution in [0.15, 0.2) is 78.0 Å². The highest BCUT2D eigenvalue weighted by Crippen LogP contribution is 2.33. The van der Waals surface area contributed by atoms with Crippen molar-refractivity contribution in [2.75, 3.05) is 5.32 Å². The number of hydrogen-bond acceptors (Lipinski definition) is 6.